The van der Waals surface area contributed by atoms with E-state index in [1.807, 2.05) is 0 Å². The van der Waals surface area contributed by atoms with Gasteiger partial charge in [-0.3, -0.25) is 19.1 Å². The molecule has 0 radical (unpaired) electrons. The van der Waals surface area contributed by atoms with E-state index in [0.717, 1.165) is 19.3 Å². The van der Waals surface area contributed by atoms with Crippen LogP contribution in [0.5, 0.6) is 11.5 Å². The predicted octanol–water partition coefficient (Wildman–Crippen LogP) is 5.77. The maximum atomic E-state index is 13.1. The number of nitrogens with one attached hydrogen (secondary N) is 2. The molecule has 0 atom stereocenters. The number of hydrogen-bond donors (Lipinski definition) is 3. The normalized spacial score (nSPS) is 11.5. The lowest BCUT2D eigenvalue weighted by Crippen LogP contribution is -2.30. The predicted molar refractivity (Wildman–Crippen MR) is 157 cm³/mol. The number of aliphatic carboxylic acids is 1. The fourth-order valence-electron chi connectivity index (χ4n) is 3.72. The molecule has 3 N–H and O–H groups in total. The fraction of sp³-hybridized carbons (Fsp3) is 0.500. The maximum Gasteiger partial charge on any atom is 0.322 e. The summed E-state index contributed by atoms with van der Waals surface area (Å²) >= 11 is 0. The lowest BCUT2D eigenvalue weighted by Gasteiger charge is -2.17. The molecule has 0 spiro atoms. The first kappa shape index (κ1) is 33.6. The Bertz CT molecular complexity index is 1270. The largest absolute Gasteiger partial charge is 0.494 e. The van der Waals surface area contributed by atoms with E-state index >= 15 is 0 Å². The number of amides is 1. The zero-order valence-electron chi connectivity index (χ0n) is 24.3. The summed E-state index contributed by atoms with van der Waals surface area (Å²) in [5, 5.41) is 11.2. The summed E-state index contributed by atoms with van der Waals surface area (Å²) in [4.78, 5) is 35.7. The molecular formula is C30H42N2O8S. The van der Waals surface area contributed by atoms with Crippen LogP contribution in [0, 0.1) is 5.41 Å². The molecule has 0 aliphatic carbocycles. The van der Waals surface area contributed by atoms with E-state index in [1.54, 1.807) is 26.8 Å². The van der Waals surface area contributed by atoms with Crippen molar-refractivity contribution >= 4 is 33.6 Å². The number of carbonyl (C=O) groups is 3. The van der Waals surface area contributed by atoms with Crippen molar-refractivity contribution in [1.82, 2.24) is 5.32 Å². The minimum atomic E-state index is -4.15. The Kier molecular flexibility index (Phi) is 13.1. The van der Waals surface area contributed by atoms with Crippen molar-refractivity contribution in [2.75, 3.05) is 17.9 Å². The summed E-state index contributed by atoms with van der Waals surface area (Å²) in [6.45, 7) is 7.10. The Balaban J connectivity index is 2.11. The van der Waals surface area contributed by atoms with E-state index in [0.29, 0.717) is 12.4 Å². The van der Waals surface area contributed by atoms with Crippen LogP contribution in [-0.4, -0.2) is 44.5 Å². The highest BCUT2D eigenvalue weighted by molar-refractivity contribution is 7.92. The van der Waals surface area contributed by atoms with Crippen molar-refractivity contribution < 1.29 is 37.4 Å². The second-order valence-corrected chi connectivity index (χ2v) is 12.5. The zero-order valence-corrected chi connectivity index (χ0v) is 25.1. The molecule has 11 heteroatoms. The number of sulfonamides is 1. The average molecular weight is 591 g/mol. The van der Waals surface area contributed by atoms with Crippen LogP contribution in [0.3, 0.4) is 0 Å². The molecule has 0 fully saturated rings. The van der Waals surface area contributed by atoms with E-state index in [2.05, 4.69) is 17.0 Å². The molecule has 0 unspecified atom stereocenters. The number of anilines is 1. The van der Waals surface area contributed by atoms with E-state index < -0.39 is 39.8 Å². The molecule has 0 heterocycles. The highest BCUT2D eigenvalue weighted by atomic mass is 32.2. The van der Waals surface area contributed by atoms with Gasteiger partial charge in [-0.05, 0) is 69.7 Å². The Labute approximate surface area is 242 Å². The molecule has 0 aromatic heterocycles. The molecule has 2 aromatic carbocycles. The number of unbranched alkanes of at least 4 members (excludes halogenated alkanes) is 7. The average Bonchev–Trinajstić information content (AvgIpc) is 2.91. The van der Waals surface area contributed by atoms with Gasteiger partial charge in [0.2, 0.25) is 0 Å². The van der Waals surface area contributed by atoms with Crippen LogP contribution in [0.15, 0.2) is 47.4 Å². The summed E-state index contributed by atoms with van der Waals surface area (Å²) in [5.74, 6) is -1.92. The topological polar surface area (TPSA) is 148 Å². The van der Waals surface area contributed by atoms with Crippen molar-refractivity contribution in [3.8, 4) is 11.5 Å². The van der Waals surface area contributed by atoms with E-state index in [1.165, 1.54) is 68.5 Å². The van der Waals surface area contributed by atoms with Crippen molar-refractivity contribution in [3.63, 3.8) is 0 Å². The molecule has 2 aromatic rings. The van der Waals surface area contributed by atoms with Crippen molar-refractivity contribution in [1.29, 1.82) is 0 Å². The molecule has 0 aliphatic rings. The molecule has 0 saturated heterocycles. The first-order chi connectivity index (χ1) is 19.3. The van der Waals surface area contributed by atoms with Crippen LogP contribution < -0.4 is 19.5 Å². The molecule has 41 heavy (non-hydrogen) atoms. The molecule has 0 bridgehead atoms. The number of carbonyl (C=O) groups excluding carboxylic acids is 2. The third-order valence-electron chi connectivity index (χ3n) is 6.10. The number of hydrogen-bond acceptors (Lipinski definition) is 7. The van der Waals surface area contributed by atoms with E-state index in [4.69, 9.17) is 14.6 Å². The standard InChI is InChI=1S/C30H42N2O8S/c1-5-6-7-8-9-10-11-12-19-39-23-15-18-26(25(20-23)28(35)31-21-27(33)34)32-41(37,38)24-16-13-22(14-17-24)40-29(36)30(2,3)4/h13-18,20,32H,5-12,19,21H2,1-4H3,(H,31,35)(H,33,34). The first-order valence-corrected chi connectivity index (χ1v) is 15.4. The highest BCUT2D eigenvalue weighted by Crippen LogP contribution is 2.27. The number of carboxylic acid groups (broad SMARTS) is 1. The summed E-state index contributed by atoms with van der Waals surface area (Å²) < 4.78 is 39.7. The molecule has 226 valence electrons. The van der Waals surface area contributed by atoms with Gasteiger partial charge >= 0.3 is 11.9 Å². The smallest absolute Gasteiger partial charge is 0.322 e. The highest BCUT2D eigenvalue weighted by Gasteiger charge is 2.24. The first-order valence-electron chi connectivity index (χ1n) is 14.0. The molecular weight excluding hydrogens is 548 g/mol. The SMILES string of the molecule is CCCCCCCCCCOc1ccc(NS(=O)(=O)c2ccc(OC(=O)C(C)(C)C)cc2)c(C(=O)NCC(=O)O)c1. The minimum absolute atomic E-state index is 0.0458. The zero-order chi connectivity index (χ0) is 30.5. The minimum Gasteiger partial charge on any atom is -0.494 e. The van der Waals surface area contributed by atoms with E-state index in [-0.39, 0.29) is 21.9 Å². The summed E-state index contributed by atoms with van der Waals surface area (Å²) in [7, 11) is -4.15. The van der Waals surface area contributed by atoms with Gasteiger partial charge in [-0.2, -0.15) is 0 Å². The number of ether oxygens (including phenoxy) is 2. The van der Waals surface area contributed by atoms with Crippen molar-refractivity contribution in [2.24, 2.45) is 5.41 Å². The van der Waals surface area contributed by atoms with Gasteiger partial charge in [0.25, 0.3) is 15.9 Å². The van der Waals surface area contributed by atoms with Gasteiger partial charge in [-0.15, -0.1) is 0 Å². The summed E-state index contributed by atoms with van der Waals surface area (Å²) in [6, 6.07) is 9.61. The van der Waals surface area contributed by atoms with Crippen LogP contribution in [0.25, 0.3) is 0 Å². The Morgan fingerprint density at radius 1 is 0.854 bits per heavy atom. The summed E-state index contributed by atoms with van der Waals surface area (Å²) in [5.41, 5.74) is -0.859. The Morgan fingerprint density at radius 2 is 1.44 bits per heavy atom. The van der Waals surface area contributed by atoms with Gasteiger partial charge < -0.3 is 19.9 Å². The lowest BCUT2D eigenvalue weighted by molar-refractivity contribution is -0.143. The van der Waals surface area contributed by atoms with Crippen LogP contribution in [0.1, 0.15) is 89.4 Å². The van der Waals surface area contributed by atoms with Crippen LogP contribution in [0.2, 0.25) is 0 Å². The third kappa shape index (κ3) is 11.8. The van der Waals surface area contributed by atoms with Gasteiger partial charge in [0.05, 0.1) is 28.2 Å². The number of esters is 1. The van der Waals surface area contributed by atoms with E-state index in [9.17, 15) is 22.8 Å². The van der Waals surface area contributed by atoms with Crippen molar-refractivity contribution in [3.05, 3.63) is 48.0 Å². The van der Waals surface area contributed by atoms with Crippen LogP contribution in [-0.2, 0) is 19.6 Å². The molecule has 1 amide bonds. The third-order valence-corrected chi connectivity index (χ3v) is 7.49. The second-order valence-electron chi connectivity index (χ2n) is 10.8. The number of rotatable bonds is 17. The number of carboxylic acids is 1. The fourth-order valence-corrected chi connectivity index (χ4v) is 4.80. The second kappa shape index (κ2) is 16.0. The van der Waals surface area contributed by atoms with Gasteiger partial charge in [-0.1, -0.05) is 51.9 Å². The quantitative estimate of drug-likeness (QED) is 0.119. The molecule has 0 saturated carbocycles. The Hall–Kier alpha value is -3.60. The van der Waals surface area contributed by atoms with Crippen LogP contribution >= 0.6 is 0 Å². The van der Waals surface area contributed by atoms with Crippen molar-refractivity contribution in [2.45, 2.75) is 84.0 Å². The van der Waals surface area contributed by atoms with Crippen LogP contribution in [0.4, 0.5) is 5.69 Å². The molecule has 0 aliphatic heterocycles. The van der Waals surface area contributed by atoms with Gasteiger partial charge in [0.15, 0.2) is 0 Å². The Morgan fingerprint density at radius 3 is 2.02 bits per heavy atom. The monoisotopic (exact) mass is 590 g/mol. The van der Waals surface area contributed by atoms with Gasteiger partial charge in [0.1, 0.15) is 18.0 Å². The molecule has 2 rings (SSSR count). The van der Waals surface area contributed by atoms with Gasteiger partial charge in [0, 0.05) is 0 Å². The summed E-state index contributed by atoms with van der Waals surface area (Å²) in [6.07, 6.45) is 9.13. The lowest BCUT2D eigenvalue weighted by atomic mass is 9.97. The number of benzene rings is 2. The molecule has 10 nitrogen and oxygen atoms in total. The maximum absolute atomic E-state index is 13.1. The van der Waals surface area contributed by atoms with Gasteiger partial charge in [-0.25, -0.2) is 8.42 Å².